The van der Waals surface area contributed by atoms with Crippen LogP contribution in [-0.4, -0.2) is 26.3 Å². The Hall–Kier alpha value is -2.14. The molecule has 6 heteroatoms. The van der Waals surface area contributed by atoms with E-state index in [2.05, 4.69) is 37.9 Å². The molecule has 3 heterocycles. The molecule has 0 unspecified atom stereocenters. The number of rotatable bonds is 2. The first-order valence-corrected chi connectivity index (χ1v) is 7.45. The topological polar surface area (TPSA) is 46.8 Å². The minimum atomic E-state index is 0.419. The first-order chi connectivity index (χ1) is 10.3. The molecule has 4 rings (SSSR count). The summed E-state index contributed by atoms with van der Waals surface area (Å²) in [6, 6.07) is 10.3. The van der Waals surface area contributed by atoms with E-state index in [1.54, 1.807) is 6.33 Å². The molecule has 0 radical (unpaired) electrons. The van der Waals surface area contributed by atoms with Crippen LogP contribution in [0, 0.1) is 0 Å². The Morgan fingerprint density at radius 3 is 3.00 bits per heavy atom. The molecule has 2 aromatic heterocycles. The number of pyridine rings is 1. The number of hydrogen-bond donors (Lipinski definition) is 0. The maximum atomic E-state index is 5.99. The fraction of sp³-hybridized carbons (Fsp3) is 0.267. The molecule has 0 amide bonds. The molecule has 5 nitrogen and oxygen atoms in total. The molecule has 0 saturated heterocycles. The van der Waals surface area contributed by atoms with Crippen molar-refractivity contribution >= 4 is 28.2 Å². The monoisotopic (exact) mass is 299 g/mol. The van der Waals surface area contributed by atoms with E-state index in [9.17, 15) is 0 Å². The van der Waals surface area contributed by atoms with Crippen LogP contribution in [0.5, 0.6) is 0 Å². The van der Waals surface area contributed by atoms with E-state index in [-0.39, 0.29) is 0 Å². The van der Waals surface area contributed by atoms with Gasteiger partial charge in [0.2, 0.25) is 0 Å². The summed E-state index contributed by atoms with van der Waals surface area (Å²) in [5.74, 6) is 2.38. The molecule has 21 heavy (non-hydrogen) atoms. The predicted molar refractivity (Wildman–Crippen MR) is 82.4 cm³/mol. The lowest BCUT2D eigenvalue weighted by molar-refractivity contribution is 0.557. The highest BCUT2D eigenvalue weighted by molar-refractivity contribution is 6.17. The number of alkyl halides is 1. The zero-order chi connectivity index (χ0) is 14.2. The summed E-state index contributed by atoms with van der Waals surface area (Å²) in [5.41, 5.74) is 0.900. The second-order valence-corrected chi connectivity index (χ2v) is 5.42. The SMILES string of the molecule is ClCc1cc2ccccc2c(N2CCn3cnnc3C2)n1. The molecular formula is C15H14ClN5. The summed E-state index contributed by atoms with van der Waals surface area (Å²) in [6.07, 6.45) is 1.79. The first-order valence-electron chi connectivity index (χ1n) is 6.91. The quantitative estimate of drug-likeness (QED) is 0.682. The van der Waals surface area contributed by atoms with Crippen molar-refractivity contribution in [3.05, 3.63) is 48.2 Å². The molecule has 0 N–H and O–H groups in total. The fourth-order valence-electron chi connectivity index (χ4n) is 2.79. The maximum Gasteiger partial charge on any atom is 0.152 e. The molecule has 0 aliphatic carbocycles. The lowest BCUT2D eigenvalue weighted by Crippen LogP contribution is -2.34. The van der Waals surface area contributed by atoms with Crippen LogP contribution in [0.4, 0.5) is 5.82 Å². The number of nitrogens with zero attached hydrogens (tertiary/aromatic N) is 5. The number of benzene rings is 1. The lowest BCUT2D eigenvalue weighted by Gasteiger charge is -2.29. The van der Waals surface area contributed by atoms with Crippen molar-refractivity contribution in [3.8, 4) is 0 Å². The van der Waals surface area contributed by atoms with Gasteiger partial charge in [0.05, 0.1) is 18.1 Å². The zero-order valence-electron chi connectivity index (χ0n) is 11.4. The average molecular weight is 300 g/mol. The van der Waals surface area contributed by atoms with E-state index in [0.29, 0.717) is 5.88 Å². The van der Waals surface area contributed by atoms with E-state index >= 15 is 0 Å². The van der Waals surface area contributed by atoms with Crippen molar-refractivity contribution in [3.63, 3.8) is 0 Å². The minimum Gasteiger partial charge on any atom is -0.347 e. The Balaban J connectivity index is 1.83. The molecule has 0 spiro atoms. The highest BCUT2D eigenvalue weighted by Crippen LogP contribution is 2.28. The summed E-state index contributed by atoms with van der Waals surface area (Å²) < 4.78 is 2.09. The van der Waals surface area contributed by atoms with Crippen molar-refractivity contribution in [2.75, 3.05) is 11.4 Å². The van der Waals surface area contributed by atoms with Crippen molar-refractivity contribution in [2.45, 2.75) is 19.0 Å². The molecule has 0 fully saturated rings. The maximum absolute atomic E-state index is 5.99. The van der Waals surface area contributed by atoms with Gasteiger partial charge in [-0.2, -0.15) is 0 Å². The summed E-state index contributed by atoms with van der Waals surface area (Å²) in [6.45, 7) is 2.50. The Morgan fingerprint density at radius 1 is 1.19 bits per heavy atom. The molecule has 1 aliphatic rings. The van der Waals surface area contributed by atoms with Gasteiger partial charge in [-0.1, -0.05) is 24.3 Å². The zero-order valence-corrected chi connectivity index (χ0v) is 12.2. The second-order valence-electron chi connectivity index (χ2n) is 5.15. The molecule has 1 aliphatic heterocycles. The number of hydrogen-bond acceptors (Lipinski definition) is 4. The Kier molecular flexibility index (Phi) is 3.00. The highest BCUT2D eigenvalue weighted by atomic mass is 35.5. The number of fused-ring (bicyclic) bond motifs is 2. The predicted octanol–water partition coefficient (Wildman–Crippen LogP) is 2.59. The summed E-state index contributed by atoms with van der Waals surface area (Å²) in [5, 5.41) is 10.5. The highest BCUT2D eigenvalue weighted by Gasteiger charge is 2.20. The van der Waals surface area contributed by atoms with Gasteiger partial charge in [-0.3, -0.25) is 0 Å². The van der Waals surface area contributed by atoms with Crippen molar-refractivity contribution in [2.24, 2.45) is 0 Å². The summed E-state index contributed by atoms with van der Waals surface area (Å²) >= 11 is 5.99. The molecule has 0 atom stereocenters. The molecular weight excluding hydrogens is 286 g/mol. The number of halogens is 1. The van der Waals surface area contributed by atoms with E-state index < -0.39 is 0 Å². The second kappa shape index (κ2) is 5.00. The molecule has 0 bridgehead atoms. The third-order valence-corrected chi connectivity index (χ3v) is 4.12. The van der Waals surface area contributed by atoms with Gasteiger partial charge >= 0.3 is 0 Å². The summed E-state index contributed by atoms with van der Waals surface area (Å²) in [7, 11) is 0. The largest absolute Gasteiger partial charge is 0.347 e. The van der Waals surface area contributed by atoms with E-state index in [4.69, 9.17) is 16.6 Å². The van der Waals surface area contributed by atoms with Crippen LogP contribution in [0.15, 0.2) is 36.7 Å². The van der Waals surface area contributed by atoms with Gasteiger partial charge in [0.25, 0.3) is 0 Å². The van der Waals surface area contributed by atoms with Crippen molar-refractivity contribution in [1.82, 2.24) is 19.7 Å². The van der Waals surface area contributed by atoms with Crippen LogP contribution in [0.3, 0.4) is 0 Å². The lowest BCUT2D eigenvalue weighted by atomic mass is 10.1. The molecule has 3 aromatic rings. The minimum absolute atomic E-state index is 0.419. The molecule has 0 saturated carbocycles. The van der Waals surface area contributed by atoms with Crippen LogP contribution >= 0.6 is 11.6 Å². The fourth-order valence-corrected chi connectivity index (χ4v) is 2.93. The summed E-state index contributed by atoms with van der Waals surface area (Å²) in [4.78, 5) is 6.99. The van der Waals surface area contributed by atoms with Gasteiger partial charge in [-0.15, -0.1) is 21.8 Å². The van der Waals surface area contributed by atoms with Crippen LogP contribution in [0.2, 0.25) is 0 Å². The van der Waals surface area contributed by atoms with Crippen LogP contribution in [-0.2, 0) is 19.0 Å². The number of aromatic nitrogens is 4. The number of anilines is 1. The van der Waals surface area contributed by atoms with Crippen LogP contribution in [0.1, 0.15) is 11.5 Å². The van der Waals surface area contributed by atoms with Gasteiger partial charge in [-0.25, -0.2) is 4.98 Å². The van der Waals surface area contributed by atoms with Crippen molar-refractivity contribution < 1.29 is 0 Å². The third kappa shape index (κ3) is 2.14. The van der Waals surface area contributed by atoms with Crippen molar-refractivity contribution in [1.29, 1.82) is 0 Å². The van der Waals surface area contributed by atoms with E-state index in [1.807, 2.05) is 12.1 Å². The normalized spacial score (nSPS) is 14.4. The third-order valence-electron chi connectivity index (χ3n) is 3.85. The van der Waals surface area contributed by atoms with Crippen LogP contribution < -0.4 is 4.90 Å². The molecule has 1 aromatic carbocycles. The van der Waals surface area contributed by atoms with Gasteiger partial charge in [0.1, 0.15) is 12.1 Å². The van der Waals surface area contributed by atoms with E-state index in [0.717, 1.165) is 42.4 Å². The first kappa shape index (κ1) is 12.6. The smallest absolute Gasteiger partial charge is 0.152 e. The van der Waals surface area contributed by atoms with Crippen LogP contribution in [0.25, 0.3) is 10.8 Å². The Bertz CT molecular complexity index is 798. The van der Waals surface area contributed by atoms with Gasteiger partial charge in [0, 0.05) is 18.5 Å². The Morgan fingerprint density at radius 2 is 2.10 bits per heavy atom. The van der Waals surface area contributed by atoms with Gasteiger partial charge in [0.15, 0.2) is 5.82 Å². The standard InChI is InChI=1S/C15H14ClN5/c16-8-12-7-11-3-1-2-4-13(11)15(18-12)20-5-6-21-10-17-19-14(21)9-20/h1-4,7,10H,5-6,8-9H2. The average Bonchev–Trinajstić information content (AvgIpc) is 3.01. The Labute approximate surface area is 127 Å². The van der Waals surface area contributed by atoms with Gasteiger partial charge in [-0.05, 0) is 11.5 Å². The molecule has 106 valence electrons. The van der Waals surface area contributed by atoms with E-state index in [1.165, 1.54) is 5.39 Å². The van der Waals surface area contributed by atoms with Gasteiger partial charge < -0.3 is 9.47 Å².